The fraction of sp³-hybridized carbons (Fsp3) is 0.0435. The number of fused-ring (bicyclic) bond motifs is 1. The summed E-state index contributed by atoms with van der Waals surface area (Å²) in [6, 6.07) is 14.3. The molecule has 1 fully saturated rings. The van der Waals surface area contributed by atoms with Crippen LogP contribution in [0.15, 0.2) is 71.7 Å². The Morgan fingerprint density at radius 2 is 1.90 bits per heavy atom. The van der Waals surface area contributed by atoms with Gasteiger partial charge in [-0.1, -0.05) is 35.9 Å². The van der Waals surface area contributed by atoms with E-state index in [2.05, 4.69) is 4.98 Å². The summed E-state index contributed by atoms with van der Waals surface area (Å²) in [7, 11) is 0. The molecule has 0 aliphatic carbocycles. The molecule has 5 rings (SSSR count). The molecule has 8 heteroatoms. The minimum atomic E-state index is -0.905. The molecule has 6 nitrogen and oxygen atoms in total. The lowest BCUT2D eigenvalue weighted by Gasteiger charge is -2.25. The molecule has 1 aliphatic heterocycles. The van der Waals surface area contributed by atoms with Crippen molar-refractivity contribution in [3.8, 4) is 5.75 Å². The highest BCUT2D eigenvalue weighted by Gasteiger charge is 2.48. The summed E-state index contributed by atoms with van der Waals surface area (Å²) < 4.78 is 0. The molecule has 4 aromatic rings. The second-order valence-electron chi connectivity index (χ2n) is 7.07. The van der Waals surface area contributed by atoms with Gasteiger partial charge in [-0.25, -0.2) is 0 Å². The Morgan fingerprint density at radius 3 is 2.68 bits per heavy atom. The minimum Gasteiger partial charge on any atom is -0.507 e. The van der Waals surface area contributed by atoms with Crippen LogP contribution >= 0.6 is 22.9 Å². The number of hydrogen-bond donors (Lipinski definition) is 3. The Kier molecular flexibility index (Phi) is 4.57. The van der Waals surface area contributed by atoms with Gasteiger partial charge in [0, 0.05) is 32.6 Å². The van der Waals surface area contributed by atoms with Crippen LogP contribution in [0.1, 0.15) is 16.5 Å². The average Bonchev–Trinajstić information content (AvgIpc) is 3.49. The van der Waals surface area contributed by atoms with Crippen LogP contribution in [0.2, 0.25) is 5.02 Å². The number of nitrogens with one attached hydrogen (secondary N) is 1. The number of hydrogen-bond acceptors (Lipinski definition) is 5. The lowest BCUT2D eigenvalue weighted by atomic mass is 9.99. The number of Topliss-reactive ketones (excluding diaryl/α,β-unsaturated/α-hetero) is 1. The smallest absolute Gasteiger partial charge is 0.300 e. The standard InChI is InChI=1S/C23H15ClN2O4S/c24-12-7-8-17(27)16(10-12)26-20(18-6-3-9-31-18)19(22(29)23(26)30)21(28)14-11-25-15-5-2-1-4-13(14)15/h1-11,20,25,27-28H/b21-19-. The predicted octanol–water partition coefficient (Wildman–Crippen LogP) is 5.21. The molecule has 154 valence electrons. The quantitative estimate of drug-likeness (QED) is 0.227. The largest absolute Gasteiger partial charge is 0.507 e. The number of para-hydroxylation sites is 1. The third-order valence-electron chi connectivity index (χ3n) is 5.30. The van der Waals surface area contributed by atoms with Crippen LogP contribution in [0.4, 0.5) is 5.69 Å². The maximum Gasteiger partial charge on any atom is 0.300 e. The minimum absolute atomic E-state index is 0.0448. The van der Waals surface area contributed by atoms with Crippen molar-refractivity contribution in [1.29, 1.82) is 0 Å². The maximum absolute atomic E-state index is 13.1. The topological polar surface area (TPSA) is 93.6 Å². The number of halogens is 1. The first kappa shape index (κ1) is 19.4. The van der Waals surface area contributed by atoms with E-state index in [0.717, 1.165) is 10.9 Å². The van der Waals surface area contributed by atoms with Crippen molar-refractivity contribution in [2.24, 2.45) is 0 Å². The number of anilines is 1. The van der Waals surface area contributed by atoms with Crippen LogP contribution in [0.25, 0.3) is 16.7 Å². The van der Waals surface area contributed by atoms with Gasteiger partial charge in [-0.15, -0.1) is 11.3 Å². The molecular weight excluding hydrogens is 436 g/mol. The number of aromatic hydroxyl groups is 1. The van der Waals surface area contributed by atoms with E-state index in [-0.39, 0.29) is 22.8 Å². The summed E-state index contributed by atoms with van der Waals surface area (Å²) in [5.41, 5.74) is 1.27. The molecule has 3 N–H and O–H groups in total. The molecular formula is C23H15ClN2O4S. The molecule has 1 aliphatic rings. The van der Waals surface area contributed by atoms with Gasteiger partial charge in [0.1, 0.15) is 17.6 Å². The van der Waals surface area contributed by atoms with Gasteiger partial charge in [0.05, 0.1) is 11.3 Å². The summed E-state index contributed by atoms with van der Waals surface area (Å²) >= 11 is 7.44. The third kappa shape index (κ3) is 3.01. The van der Waals surface area contributed by atoms with Crippen LogP contribution in [0, 0.1) is 0 Å². The Labute approximate surface area is 185 Å². The lowest BCUT2D eigenvalue weighted by Crippen LogP contribution is -2.29. The molecule has 0 saturated carbocycles. The number of aromatic nitrogens is 1. The average molecular weight is 451 g/mol. The van der Waals surface area contributed by atoms with Crippen LogP contribution in [-0.4, -0.2) is 26.9 Å². The van der Waals surface area contributed by atoms with Crippen molar-refractivity contribution in [1.82, 2.24) is 4.98 Å². The number of H-pyrrole nitrogens is 1. The number of aliphatic hydroxyl groups excluding tert-OH is 1. The lowest BCUT2D eigenvalue weighted by molar-refractivity contribution is -0.132. The Morgan fingerprint density at radius 1 is 1.10 bits per heavy atom. The Balaban J connectivity index is 1.77. The Hall–Kier alpha value is -3.55. The fourth-order valence-electron chi connectivity index (χ4n) is 3.90. The number of aliphatic hydroxyl groups is 1. The summed E-state index contributed by atoms with van der Waals surface area (Å²) in [5, 5.41) is 24.5. The molecule has 3 heterocycles. The van der Waals surface area contributed by atoms with Gasteiger partial charge < -0.3 is 15.2 Å². The van der Waals surface area contributed by atoms with Crippen molar-refractivity contribution >= 4 is 57.0 Å². The number of aromatic amines is 1. The predicted molar refractivity (Wildman–Crippen MR) is 121 cm³/mol. The van der Waals surface area contributed by atoms with Crippen LogP contribution in [0.3, 0.4) is 0 Å². The Bertz CT molecular complexity index is 1370. The number of amides is 1. The molecule has 2 aromatic carbocycles. The number of carbonyl (C=O) groups is 2. The third-order valence-corrected chi connectivity index (χ3v) is 6.46. The number of thiophene rings is 1. The van der Waals surface area contributed by atoms with Gasteiger partial charge in [-0.2, -0.15) is 0 Å². The summed E-state index contributed by atoms with van der Waals surface area (Å²) in [6.07, 6.45) is 1.61. The summed E-state index contributed by atoms with van der Waals surface area (Å²) in [4.78, 5) is 31.2. The molecule has 2 aromatic heterocycles. The molecule has 0 spiro atoms. The number of phenols is 1. The first-order chi connectivity index (χ1) is 15.0. The SMILES string of the molecule is O=C1C(=O)N(c2cc(Cl)ccc2O)C(c2cccs2)/C1=C(/O)c1c[nH]c2ccccc12. The van der Waals surface area contributed by atoms with Gasteiger partial charge in [0.2, 0.25) is 0 Å². The fourth-order valence-corrected chi connectivity index (χ4v) is 4.89. The normalized spacial score (nSPS) is 18.2. The molecule has 0 bridgehead atoms. The van der Waals surface area contributed by atoms with Crippen molar-refractivity contribution < 1.29 is 19.8 Å². The number of phenolic OH excluding ortho intramolecular Hbond substituents is 1. The zero-order chi connectivity index (χ0) is 21.7. The van der Waals surface area contributed by atoms with E-state index in [1.54, 1.807) is 18.3 Å². The molecule has 1 unspecified atom stereocenters. The number of carbonyl (C=O) groups excluding carboxylic acids is 2. The van der Waals surface area contributed by atoms with Gasteiger partial charge in [0.15, 0.2) is 0 Å². The van der Waals surface area contributed by atoms with E-state index in [1.165, 1.54) is 34.4 Å². The number of benzene rings is 2. The highest BCUT2D eigenvalue weighted by molar-refractivity contribution is 7.10. The highest BCUT2D eigenvalue weighted by atomic mass is 35.5. The van der Waals surface area contributed by atoms with Crippen LogP contribution in [-0.2, 0) is 9.59 Å². The van der Waals surface area contributed by atoms with E-state index in [4.69, 9.17) is 11.6 Å². The van der Waals surface area contributed by atoms with Gasteiger partial charge in [0.25, 0.3) is 11.7 Å². The van der Waals surface area contributed by atoms with Crippen LogP contribution in [0.5, 0.6) is 5.75 Å². The number of rotatable bonds is 3. The molecule has 31 heavy (non-hydrogen) atoms. The van der Waals surface area contributed by atoms with Crippen LogP contribution < -0.4 is 4.90 Å². The summed E-state index contributed by atoms with van der Waals surface area (Å²) in [5.74, 6) is -2.16. The van der Waals surface area contributed by atoms with Gasteiger partial charge in [-0.05, 0) is 35.7 Å². The van der Waals surface area contributed by atoms with Crippen molar-refractivity contribution in [3.05, 3.63) is 87.2 Å². The van der Waals surface area contributed by atoms with E-state index in [0.29, 0.717) is 15.5 Å². The molecule has 1 atom stereocenters. The van der Waals surface area contributed by atoms with E-state index in [1.807, 2.05) is 29.6 Å². The van der Waals surface area contributed by atoms with E-state index in [9.17, 15) is 19.8 Å². The van der Waals surface area contributed by atoms with Crippen molar-refractivity contribution in [3.63, 3.8) is 0 Å². The molecule has 0 radical (unpaired) electrons. The maximum atomic E-state index is 13.1. The summed E-state index contributed by atoms with van der Waals surface area (Å²) in [6.45, 7) is 0. The first-order valence-corrected chi connectivity index (χ1v) is 10.6. The van der Waals surface area contributed by atoms with Crippen molar-refractivity contribution in [2.45, 2.75) is 6.04 Å². The van der Waals surface area contributed by atoms with E-state index >= 15 is 0 Å². The van der Waals surface area contributed by atoms with Gasteiger partial charge in [-0.3, -0.25) is 14.5 Å². The van der Waals surface area contributed by atoms with Gasteiger partial charge >= 0.3 is 0 Å². The number of nitrogens with zero attached hydrogens (tertiary/aromatic N) is 1. The second kappa shape index (κ2) is 7.30. The highest BCUT2D eigenvalue weighted by Crippen LogP contribution is 2.46. The zero-order valence-corrected chi connectivity index (χ0v) is 17.4. The van der Waals surface area contributed by atoms with Crippen molar-refractivity contribution in [2.75, 3.05) is 4.90 Å². The molecule has 1 amide bonds. The monoisotopic (exact) mass is 450 g/mol. The molecule has 1 saturated heterocycles. The zero-order valence-electron chi connectivity index (χ0n) is 15.9. The first-order valence-electron chi connectivity index (χ1n) is 9.37. The van der Waals surface area contributed by atoms with E-state index < -0.39 is 17.7 Å². The number of ketones is 1. The second-order valence-corrected chi connectivity index (χ2v) is 8.48.